The minimum Gasteiger partial charge on any atom is -0.388 e. The summed E-state index contributed by atoms with van der Waals surface area (Å²) in [6.07, 6.45) is 1.50. The molecule has 0 fully saturated rings. The van der Waals surface area contributed by atoms with Crippen LogP contribution >= 0.6 is 0 Å². The maximum Gasteiger partial charge on any atom is 0.122 e. The second-order valence-electron chi connectivity index (χ2n) is 3.04. The highest BCUT2D eigenvalue weighted by Crippen LogP contribution is 2.13. The molecular weight excluding hydrogens is 176 g/mol. The van der Waals surface area contributed by atoms with Crippen LogP contribution in [0.4, 0.5) is 0 Å². The molecular formula is C12H18O2. The number of aliphatic hydroxyl groups excluding tert-OH is 1. The van der Waals surface area contributed by atoms with Crippen LogP contribution in [-0.4, -0.2) is 11.4 Å². The third kappa shape index (κ3) is 5.49. The molecule has 0 saturated heterocycles. The molecule has 2 heteroatoms. The van der Waals surface area contributed by atoms with Gasteiger partial charge >= 0.3 is 0 Å². The van der Waals surface area contributed by atoms with E-state index in [1.165, 1.54) is 6.42 Å². The standard InChI is InChI=1S/C9H10O2.C3H8/c10-7-6-9(11)8-4-2-1-3-5-8;1-3-2/h1-5,7,9,11H,6H2;3H2,1-2H3. The van der Waals surface area contributed by atoms with Crippen LogP contribution in [0.1, 0.15) is 38.4 Å². The van der Waals surface area contributed by atoms with Gasteiger partial charge in [-0.1, -0.05) is 50.6 Å². The quantitative estimate of drug-likeness (QED) is 0.751. The van der Waals surface area contributed by atoms with E-state index in [0.29, 0.717) is 0 Å². The summed E-state index contributed by atoms with van der Waals surface area (Å²) >= 11 is 0. The fraction of sp³-hybridized carbons (Fsp3) is 0.417. The molecule has 0 radical (unpaired) electrons. The van der Waals surface area contributed by atoms with Crippen molar-refractivity contribution in [3.63, 3.8) is 0 Å². The molecule has 0 aliphatic rings. The van der Waals surface area contributed by atoms with Crippen LogP contribution in [0.5, 0.6) is 0 Å². The van der Waals surface area contributed by atoms with Gasteiger partial charge in [-0.15, -0.1) is 0 Å². The van der Waals surface area contributed by atoms with E-state index in [1.54, 1.807) is 12.1 Å². The number of carbonyl (C=O) groups excluding carboxylic acids is 1. The van der Waals surface area contributed by atoms with Crippen molar-refractivity contribution in [1.29, 1.82) is 0 Å². The Labute approximate surface area is 85.6 Å². The van der Waals surface area contributed by atoms with Gasteiger partial charge in [0.1, 0.15) is 6.29 Å². The highest BCUT2D eigenvalue weighted by Gasteiger charge is 2.03. The summed E-state index contributed by atoms with van der Waals surface area (Å²) in [6, 6.07) is 9.15. The van der Waals surface area contributed by atoms with E-state index in [1.807, 2.05) is 18.2 Å². The van der Waals surface area contributed by atoms with Crippen molar-refractivity contribution in [3.05, 3.63) is 35.9 Å². The maximum atomic E-state index is 10.0. The van der Waals surface area contributed by atoms with Crippen molar-refractivity contribution in [2.24, 2.45) is 0 Å². The predicted octanol–water partition coefficient (Wildman–Crippen LogP) is 2.73. The average Bonchev–Trinajstić information content (AvgIpc) is 2.21. The first-order valence-electron chi connectivity index (χ1n) is 4.92. The van der Waals surface area contributed by atoms with E-state index in [-0.39, 0.29) is 6.42 Å². The van der Waals surface area contributed by atoms with Crippen molar-refractivity contribution in [3.8, 4) is 0 Å². The minimum atomic E-state index is -0.645. The monoisotopic (exact) mass is 194 g/mol. The third-order valence-corrected chi connectivity index (χ3v) is 1.50. The predicted molar refractivity (Wildman–Crippen MR) is 58.0 cm³/mol. The molecule has 0 heterocycles. The van der Waals surface area contributed by atoms with Gasteiger partial charge in [-0.2, -0.15) is 0 Å². The summed E-state index contributed by atoms with van der Waals surface area (Å²) in [4.78, 5) is 10.0. The molecule has 1 unspecified atom stereocenters. The summed E-state index contributed by atoms with van der Waals surface area (Å²) < 4.78 is 0. The van der Waals surface area contributed by atoms with Gasteiger partial charge in [0, 0.05) is 6.42 Å². The summed E-state index contributed by atoms with van der Waals surface area (Å²) in [5.41, 5.74) is 0.791. The lowest BCUT2D eigenvalue weighted by Crippen LogP contribution is -1.96. The zero-order valence-electron chi connectivity index (χ0n) is 8.81. The van der Waals surface area contributed by atoms with E-state index < -0.39 is 6.10 Å². The number of aldehydes is 1. The maximum absolute atomic E-state index is 10.0. The lowest BCUT2D eigenvalue weighted by atomic mass is 10.1. The Morgan fingerprint density at radius 2 is 1.79 bits per heavy atom. The summed E-state index contributed by atoms with van der Waals surface area (Å²) in [5, 5.41) is 9.29. The summed E-state index contributed by atoms with van der Waals surface area (Å²) in [6.45, 7) is 4.25. The average molecular weight is 194 g/mol. The van der Waals surface area contributed by atoms with Gasteiger partial charge in [-0.25, -0.2) is 0 Å². The fourth-order valence-corrected chi connectivity index (χ4v) is 0.902. The molecule has 1 rings (SSSR count). The van der Waals surface area contributed by atoms with Gasteiger partial charge in [0.2, 0.25) is 0 Å². The lowest BCUT2D eigenvalue weighted by Gasteiger charge is -2.05. The molecule has 0 amide bonds. The number of rotatable bonds is 3. The minimum absolute atomic E-state index is 0.171. The largest absolute Gasteiger partial charge is 0.388 e. The molecule has 1 N–H and O–H groups in total. The van der Waals surface area contributed by atoms with Gasteiger partial charge in [0.05, 0.1) is 6.10 Å². The van der Waals surface area contributed by atoms with Gasteiger partial charge in [-0.3, -0.25) is 0 Å². The van der Waals surface area contributed by atoms with Crippen molar-refractivity contribution < 1.29 is 9.90 Å². The molecule has 1 aromatic carbocycles. The van der Waals surface area contributed by atoms with E-state index in [4.69, 9.17) is 0 Å². The molecule has 0 aliphatic carbocycles. The fourth-order valence-electron chi connectivity index (χ4n) is 0.902. The van der Waals surface area contributed by atoms with Crippen molar-refractivity contribution in [2.75, 3.05) is 0 Å². The Kier molecular flexibility index (Phi) is 7.75. The molecule has 78 valence electrons. The number of benzene rings is 1. The highest BCUT2D eigenvalue weighted by molar-refractivity contribution is 5.50. The summed E-state index contributed by atoms with van der Waals surface area (Å²) in [5.74, 6) is 0. The molecule has 0 saturated carbocycles. The second-order valence-corrected chi connectivity index (χ2v) is 3.04. The third-order valence-electron chi connectivity index (χ3n) is 1.50. The topological polar surface area (TPSA) is 37.3 Å². The molecule has 0 spiro atoms. The van der Waals surface area contributed by atoms with Crippen molar-refractivity contribution in [1.82, 2.24) is 0 Å². The Morgan fingerprint density at radius 3 is 2.21 bits per heavy atom. The van der Waals surface area contributed by atoms with Gasteiger partial charge in [-0.05, 0) is 5.56 Å². The van der Waals surface area contributed by atoms with Crippen LogP contribution < -0.4 is 0 Å². The Bertz CT molecular complexity index is 231. The van der Waals surface area contributed by atoms with Gasteiger partial charge in [0.15, 0.2) is 0 Å². The first-order chi connectivity index (χ1) is 6.76. The number of aliphatic hydroxyl groups is 1. The lowest BCUT2D eigenvalue weighted by molar-refractivity contribution is -0.109. The molecule has 0 aliphatic heterocycles. The Balaban J connectivity index is 0.000000500. The van der Waals surface area contributed by atoms with Crippen LogP contribution in [-0.2, 0) is 4.79 Å². The Morgan fingerprint density at radius 1 is 1.29 bits per heavy atom. The molecule has 0 aromatic heterocycles. The molecule has 14 heavy (non-hydrogen) atoms. The summed E-state index contributed by atoms with van der Waals surface area (Å²) in [7, 11) is 0. The highest BCUT2D eigenvalue weighted by atomic mass is 16.3. The molecule has 2 nitrogen and oxygen atoms in total. The van der Waals surface area contributed by atoms with Crippen molar-refractivity contribution in [2.45, 2.75) is 32.8 Å². The van der Waals surface area contributed by atoms with Crippen LogP contribution in [0.15, 0.2) is 30.3 Å². The van der Waals surface area contributed by atoms with Crippen LogP contribution in [0.25, 0.3) is 0 Å². The second kappa shape index (κ2) is 8.45. The zero-order chi connectivity index (χ0) is 10.8. The van der Waals surface area contributed by atoms with Crippen LogP contribution in [0.2, 0.25) is 0 Å². The smallest absolute Gasteiger partial charge is 0.122 e. The number of hydrogen-bond donors (Lipinski definition) is 1. The van der Waals surface area contributed by atoms with E-state index in [0.717, 1.165) is 11.8 Å². The van der Waals surface area contributed by atoms with E-state index in [9.17, 15) is 9.90 Å². The molecule has 1 atom stereocenters. The SMILES string of the molecule is CCC.O=CCC(O)c1ccccc1. The van der Waals surface area contributed by atoms with Gasteiger partial charge in [0.25, 0.3) is 0 Å². The van der Waals surface area contributed by atoms with E-state index >= 15 is 0 Å². The van der Waals surface area contributed by atoms with Crippen LogP contribution in [0.3, 0.4) is 0 Å². The first-order valence-corrected chi connectivity index (χ1v) is 4.92. The number of carbonyl (C=O) groups is 1. The normalized spacial score (nSPS) is 11.1. The zero-order valence-corrected chi connectivity index (χ0v) is 8.81. The van der Waals surface area contributed by atoms with Crippen LogP contribution in [0, 0.1) is 0 Å². The first kappa shape index (κ1) is 12.8. The molecule has 0 bridgehead atoms. The number of hydrogen-bond acceptors (Lipinski definition) is 2. The van der Waals surface area contributed by atoms with Crippen molar-refractivity contribution >= 4 is 6.29 Å². The molecule has 1 aromatic rings. The van der Waals surface area contributed by atoms with Gasteiger partial charge < -0.3 is 9.90 Å². The Hall–Kier alpha value is -1.15. The van der Waals surface area contributed by atoms with E-state index in [2.05, 4.69) is 13.8 Å².